The summed E-state index contributed by atoms with van der Waals surface area (Å²) >= 11 is 12.1. The van der Waals surface area contributed by atoms with Gasteiger partial charge < -0.3 is 10.6 Å². The molecule has 11 heteroatoms. The highest BCUT2D eigenvalue weighted by atomic mass is 35.5. The van der Waals surface area contributed by atoms with E-state index in [2.05, 4.69) is 31.0 Å². The second-order valence-corrected chi connectivity index (χ2v) is 8.26. The molecule has 0 radical (unpaired) electrons. The van der Waals surface area contributed by atoms with E-state index in [-0.39, 0.29) is 12.3 Å². The van der Waals surface area contributed by atoms with Crippen molar-refractivity contribution >= 4 is 58.6 Å². The summed E-state index contributed by atoms with van der Waals surface area (Å²) in [6.45, 7) is 0.442. The Morgan fingerprint density at radius 2 is 2.03 bits per heavy atom. The topological polar surface area (TPSA) is 113 Å². The van der Waals surface area contributed by atoms with Crippen molar-refractivity contribution in [2.75, 3.05) is 10.6 Å². The molecule has 2 aromatic heterocycles. The number of benzene rings is 1. The molecule has 2 fully saturated rings. The third kappa shape index (κ3) is 4.19. The lowest BCUT2D eigenvalue weighted by atomic mass is 10.1. The number of nitrogens with one attached hydrogen (secondary N) is 3. The van der Waals surface area contributed by atoms with Crippen molar-refractivity contribution in [3.8, 4) is 0 Å². The van der Waals surface area contributed by atoms with E-state index in [4.69, 9.17) is 23.2 Å². The first kappa shape index (κ1) is 19.8. The van der Waals surface area contributed by atoms with Crippen LogP contribution in [0.1, 0.15) is 30.4 Å². The van der Waals surface area contributed by atoms with Gasteiger partial charge in [-0.05, 0) is 36.6 Å². The SMILES string of the molecule is O=C1C/C(=C\c2cnn3c(NC4CC4)nc(NCc4ccc(Cl)c(Cl)c4)nc23)C(=O)N1. The van der Waals surface area contributed by atoms with Crippen LogP contribution in [0.3, 0.4) is 0 Å². The highest BCUT2D eigenvalue weighted by Gasteiger charge is 2.26. The molecule has 2 amide bonds. The molecule has 1 aromatic carbocycles. The van der Waals surface area contributed by atoms with Gasteiger partial charge in [0.2, 0.25) is 17.8 Å². The maximum atomic E-state index is 11.9. The summed E-state index contributed by atoms with van der Waals surface area (Å²) in [5.41, 5.74) is 2.44. The van der Waals surface area contributed by atoms with E-state index in [1.165, 1.54) is 0 Å². The first-order valence-electron chi connectivity index (χ1n) is 9.71. The summed E-state index contributed by atoms with van der Waals surface area (Å²) in [5, 5.41) is 14.2. The second kappa shape index (κ2) is 7.82. The molecule has 158 valence electrons. The molecule has 0 atom stereocenters. The normalized spacial score (nSPS) is 17.4. The van der Waals surface area contributed by atoms with E-state index in [9.17, 15) is 9.59 Å². The van der Waals surface area contributed by atoms with Gasteiger partial charge in [-0.2, -0.15) is 19.6 Å². The van der Waals surface area contributed by atoms with E-state index >= 15 is 0 Å². The molecular formula is C20H17Cl2N7O2. The van der Waals surface area contributed by atoms with Gasteiger partial charge in [-0.25, -0.2) is 0 Å². The summed E-state index contributed by atoms with van der Waals surface area (Å²) in [5.74, 6) is 0.240. The first-order chi connectivity index (χ1) is 15.0. The minimum absolute atomic E-state index is 0.0386. The fourth-order valence-corrected chi connectivity index (χ4v) is 3.54. The number of hydrogen-bond donors (Lipinski definition) is 3. The second-order valence-electron chi connectivity index (χ2n) is 7.45. The lowest BCUT2D eigenvalue weighted by Gasteiger charge is -2.10. The zero-order valence-corrected chi connectivity index (χ0v) is 17.7. The third-order valence-electron chi connectivity index (χ3n) is 4.97. The van der Waals surface area contributed by atoms with Crippen molar-refractivity contribution in [1.82, 2.24) is 24.9 Å². The standard InChI is InChI=1S/C20H17Cl2N7O2/c21-14-4-1-10(5-15(14)22)8-23-19-27-17-12(6-11-7-16(30)26-18(11)31)9-24-29(17)20(28-19)25-13-2-3-13/h1,4-6,9,13H,2-3,7-8H2,(H,26,30,31)(H2,23,25,27,28)/b11-6+. The quantitative estimate of drug-likeness (QED) is 0.384. The number of imide groups is 1. The van der Waals surface area contributed by atoms with Crippen LogP contribution in [0.5, 0.6) is 0 Å². The average molecular weight is 458 g/mol. The van der Waals surface area contributed by atoms with Crippen molar-refractivity contribution < 1.29 is 9.59 Å². The predicted octanol–water partition coefficient (Wildman–Crippen LogP) is 3.05. The number of nitrogens with zero attached hydrogens (tertiary/aromatic N) is 4. The van der Waals surface area contributed by atoms with Crippen LogP contribution in [-0.4, -0.2) is 37.4 Å². The predicted molar refractivity (Wildman–Crippen MR) is 117 cm³/mol. The summed E-state index contributed by atoms with van der Waals surface area (Å²) in [6.07, 6.45) is 5.42. The van der Waals surface area contributed by atoms with Gasteiger partial charge in [0.25, 0.3) is 5.91 Å². The fourth-order valence-electron chi connectivity index (χ4n) is 3.22. The molecule has 3 heterocycles. The Morgan fingerprint density at radius 3 is 2.74 bits per heavy atom. The Balaban J connectivity index is 1.48. The maximum absolute atomic E-state index is 11.9. The van der Waals surface area contributed by atoms with Crippen LogP contribution < -0.4 is 16.0 Å². The molecule has 5 rings (SSSR count). The van der Waals surface area contributed by atoms with Crippen LogP contribution in [0.2, 0.25) is 10.0 Å². The van der Waals surface area contributed by atoms with E-state index in [1.54, 1.807) is 28.9 Å². The Hall–Kier alpha value is -3.17. The molecule has 0 unspecified atom stereocenters. The number of fused-ring (bicyclic) bond motifs is 1. The van der Waals surface area contributed by atoms with Gasteiger partial charge in [0, 0.05) is 23.7 Å². The minimum Gasteiger partial charge on any atom is -0.351 e. The van der Waals surface area contributed by atoms with E-state index in [0.29, 0.717) is 51.3 Å². The van der Waals surface area contributed by atoms with Crippen molar-refractivity contribution in [1.29, 1.82) is 0 Å². The van der Waals surface area contributed by atoms with Crippen LogP contribution in [0.25, 0.3) is 11.7 Å². The van der Waals surface area contributed by atoms with Crippen molar-refractivity contribution in [2.24, 2.45) is 0 Å². The Morgan fingerprint density at radius 1 is 1.19 bits per heavy atom. The van der Waals surface area contributed by atoms with Crippen LogP contribution in [0.15, 0.2) is 30.0 Å². The zero-order valence-electron chi connectivity index (χ0n) is 16.2. The van der Waals surface area contributed by atoms with Gasteiger partial charge in [0.05, 0.1) is 22.7 Å². The van der Waals surface area contributed by atoms with E-state index in [0.717, 1.165) is 18.4 Å². The lowest BCUT2D eigenvalue weighted by Crippen LogP contribution is -2.19. The lowest BCUT2D eigenvalue weighted by molar-refractivity contribution is -0.124. The number of halogens is 2. The Labute approximate surface area is 186 Å². The molecule has 1 aliphatic carbocycles. The molecule has 1 saturated carbocycles. The summed E-state index contributed by atoms with van der Waals surface area (Å²) in [7, 11) is 0. The van der Waals surface area contributed by atoms with Gasteiger partial charge >= 0.3 is 0 Å². The van der Waals surface area contributed by atoms with E-state index in [1.807, 2.05) is 6.07 Å². The van der Waals surface area contributed by atoms with Crippen molar-refractivity contribution in [2.45, 2.75) is 31.8 Å². The number of amides is 2. The molecule has 9 nitrogen and oxygen atoms in total. The third-order valence-corrected chi connectivity index (χ3v) is 5.70. The fraction of sp³-hybridized carbons (Fsp3) is 0.250. The highest BCUT2D eigenvalue weighted by Crippen LogP contribution is 2.27. The molecule has 3 aromatic rings. The number of aromatic nitrogens is 4. The Bertz CT molecular complexity index is 1250. The zero-order chi connectivity index (χ0) is 21.5. The summed E-state index contributed by atoms with van der Waals surface area (Å²) < 4.78 is 1.60. The van der Waals surface area contributed by atoms with Crippen LogP contribution >= 0.6 is 23.2 Å². The number of hydrogen-bond acceptors (Lipinski definition) is 7. The van der Waals surface area contributed by atoms with Crippen LogP contribution in [-0.2, 0) is 16.1 Å². The number of rotatable bonds is 6. The molecule has 31 heavy (non-hydrogen) atoms. The van der Waals surface area contributed by atoms with Crippen molar-refractivity contribution in [3.63, 3.8) is 0 Å². The van der Waals surface area contributed by atoms with Gasteiger partial charge in [0.1, 0.15) is 0 Å². The van der Waals surface area contributed by atoms with Gasteiger partial charge in [-0.1, -0.05) is 29.3 Å². The molecular weight excluding hydrogens is 441 g/mol. The smallest absolute Gasteiger partial charge is 0.254 e. The van der Waals surface area contributed by atoms with Gasteiger partial charge in [-0.3, -0.25) is 14.9 Å². The monoisotopic (exact) mass is 457 g/mol. The summed E-state index contributed by atoms with van der Waals surface area (Å²) in [6, 6.07) is 5.74. The molecule has 3 N–H and O–H groups in total. The Kier molecular flexibility index (Phi) is 4.99. The average Bonchev–Trinajstić information content (AvgIpc) is 3.37. The molecule has 0 spiro atoms. The largest absolute Gasteiger partial charge is 0.351 e. The van der Waals surface area contributed by atoms with Gasteiger partial charge in [0.15, 0.2) is 5.65 Å². The minimum atomic E-state index is -0.396. The molecule has 2 aliphatic rings. The molecule has 0 bridgehead atoms. The number of carbonyl (C=O) groups excluding carboxylic acids is 2. The highest BCUT2D eigenvalue weighted by molar-refractivity contribution is 6.42. The number of carbonyl (C=O) groups is 2. The van der Waals surface area contributed by atoms with E-state index < -0.39 is 5.91 Å². The van der Waals surface area contributed by atoms with Crippen LogP contribution in [0, 0.1) is 0 Å². The molecule has 1 aliphatic heterocycles. The maximum Gasteiger partial charge on any atom is 0.254 e. The van der Waals surface area contributed by atoms with Crippen molar-refractivity contribution in [3.05, 3.63) is 51.1 Å². The first-order valence-corrected chi connectivity index (χ1v) is 10.5. The summed E-state index contributed by atoms with van der Waals surface area (Å²) in [4.78, 5) is 32.6. The van der Waals surface area contributed by atoms with Gasteiger partial charge in [-0.15, -0.1) is 0 Å². The number of anilines is 2. The molecule has 1 saturated heterocycles. The van der Waals surface area contributed by atoms with Crippen LogP contribution in [0.4, 0.5) is 11.9 Å².